The fraction of sp³-hybridized carbons (Fsp3) is 0.250. The first-order chi connectivity index (χ1) is 13.3. The van der Waals surface area contributed by atoms with Crippen LogP contribution in [0.4, 0.5) is 14.9 Å². The fourth-order valence-corrected chi connectivity index (χ4v) is 2.98. The second-order valence-corrected chi connectivity index (χ2v) is 6.54. The molecule has 1 heterocycles. The predicted molar refractivity (Wildman–Crippen MR) is 105 cm³/mol. The van der Waals surface area contributed by atoms with Crippen molar-refractivity contribution < 1.29 is 19.1 Å². The average molecular weight is 384 g/mol. The first-order valence-corrected chi connectivity index (χ1v) is 8.85. The molecular weight excluding hydrogens is 363 g/mol. The highest BCUT2D eigenvalue weighted by atomic mass is 19.1. The molecule has 2 aromatic carbocycles. The van der Waals surface area contributed by atoms with E-state index in [1.165, 1.54) is 12.1 Å². The molecule has 146 valence electrons. The monoisotopic (exact) mass is 384 g/mol. The van der Waals surface area contributed by atoms with Crippen molar-refractivity contribution >= 4 is 28.7 Å². The van der Waals surface area contributed by atoms with Crippen molar-refractivity contribution in [2.24, 2.45) is 7.05 Å². The summed E-state index contributed by atoms with van der Waals surface area (Å²) in [5, 5.41) is 14.0. The number of hydrogen-bond acceptors (Lipinski definition) is 3. The number of carboxylic acid groups (broad SMARTS) is 1. The molecule has 0 radical (unpaired) electrons. The number of amides is 2. The number of carbonyl (C=O) groups excluding carboxylic acids is 1. The number of aliphatic carboxylic acids is 1. The van der Waals surface area contributed by atoms with E-state index in [1.807, 2.05) is 30.7 Å². The van der Waals surface area contributed by atoms with E-state index in [2.05, 4.69) is 15.6 Å². The molecule has 0 atom stereocenters. The number of aromatic nitrogens is 2. The molecule has 0 saturated heterocycles. The number of aryl methyl sites for hydroxylation is 2. The lowest BCUT2D eigenvalue weighted by Gasteiger charge is -2.11. The standard InChI is InChI=1S/C20H21FN4O3/c1-12-10-13(19-23-16-11-14(21)6-8-17(16)25(19)2)5-7-15(12)24-20(28)22-9-3-4-18(26)27/h5-8,10-11H,3-4,9H2,1-2H3,(H,26,27)(H2,22,24,28). The van der Waals surface area contributed by atoms with Crippen LogP contribution in [0.25, 0.3) is 22.4 Å². The number of fused-ring (bicyclic) bond motifs is 1. The first-order valence-electron chi connectivity index (χ1n) is 8.85. The van der Waals surface area contributed by atoms with Crippen LogP contribution in [0, 0.1) is 12.7 Å². The van der Waals surface area contributed by atoms with E-state index in [4.69, 9.17) is 5.11 Å². The van der Waals surface area contributed by atoms with Gasteiger partial charge in [0.2, 0.25) is 0 Å². The van der Waals surface area contributed by atoms with Crippen LogP contribution >= 0.6 is 0 Å². The Morgan fingerprint density at radius 3 is 2.71 bits per heavy atom. The SMILES string of the molecule is Cc1cc(-c2nc3cc(F)ccc3n2C)ccc1NC(=O)NCCCC(=O)O. The van der Waals surface area contributed by atoms with Gasteiger partial charge in [0.05, 0.1) is 11.0 Å². The molecule has 1 aromatic heterocycles. The topological polar surface area (TPSA) is 96.3 Å². The largest absolute Gasteiger partial charge is 0.481 e. The van der Waals surface area contributed by atoms with Gasteiger partial charge in [-0.3, -0.25) is 4.79 Å². The van der Waals surface area contributed by atoms with E-state index < -0.39 is 5.97 Å². The van der Waals surface area contributed by atoms with E-state index in [-0.39, 0.29) is 24.8 Å². The number of halogens is 1. The van der Waals surface area contributed by atoms with Crippen LogP contribution in [0.3, 0.4) is 0 Å². The third kappa shape index (κ3) is 4.28. The normalized spacial score (nSPS) is 10.8. The van der Waals surface area contributed by atoms with Crippen molar-refractivity contribution in [3.05, 3.63) is 47.8 Å². The summed E-state index contributed by atoms with van der Waals surface area (Å²) < 4.78 is 15.3. The zero-order valence-corrected chi connectivity index (χ0v) is 15.6. The number of nitrogens with one attached hydrogen (secondary N) is 2. The second kappa shape index (κ2) is 8.08. The number of nitrogens with zero attached hydrogens (tertiary/aromatic N) is 2. The van der Waals surface area contributed by atoms with E-state index in [9.17, 15) is 14.0 Å². The van der Waals surface area contributed by atoms with Crippen molar-refractivity contribution in [1.82, 2.24) is 14.9 Å². The predicted octanol–water partition coefficient (Wildman–Crippen LogP) is 3.67. The number of imidazole rings is 1. The minimum atomic E-state index is -0.890. The van der Waals surface area contributed by atoms with Crippen LogP contribution in [0.15, 0.2) is 36.4 Å². The van der Waals surface area contributed by atoms with E-state index in [0.29, 0.717) is 23.4 Å². The maximum atomic E-state index is 13.4. The summed E-state index contributed by atoms with van der Waals surface area (Å²) in [6, 6.07) is 9.62. The molecule has 8 heteroatoms. The van der Waals surface area contributed by atoms with Gasteiger partial charge in [-0.2, -0.15) is 0 Å². The van der Waals surface area contributed by atoms with Gasteiger partial charge in [-0.25, -0.2) is 14.2 Å². The zero-order valence-electron chi connectivity index (χ0n) is 15.6. The quantitative estimate of drug-likeness (QED) is 0.565. The van der Waals surface area contributed by atoms with Crippen molar-refractivity contribution in [2.45, 2.75) is 19.8 Å². The molecule has 0 fully saturated rings. The van der Waals surface area contributed by atoms with Gasteiger partial charge < -0.3 is 20.3 Å². The van der Waals surface area contributed by atoms with Gasteiger partial charge in [-0.05, 0) is 49.2 Å². The summed E-state index contributed by atoms with van der Waals surface area (Å²) in [4.78, 5) is 26.9. The molecule has 0 aliphatic heterocycles. The molecule has 7 nitrogen and oxygen atoms in total. The highest BCUT2D eigenvalue weighted by molar-refractivity contribution is 5.90. The smallest absolute Gasteiger partial charge is 0.319 e. The number of benzene rings is 2. The van der Waals surface area contributed by atoms with Gasteiger partial charge in [0.15, 0.2) is 0 Å². The Balaban J connectivity index is 1.73. The van der Waals surface area contributed by atoms with Crippen molar-refractivity contribution in [1.29, 1.82) is 0 Å². The number of rotatable bonds is 6. The molecule has 3 N–H and O–H groups in total. The van der Waals surface area contributed by atoms with Crippen LogP contribution in [-0.2, 0) is 11.8 Å². The van der Waals surface area contributed by atoms with Crippen LogP contribution in [0.2, 0.25) is 0 Å². The van der Waals surface area contributed by atoms with Crippen molar-refractivity contribution in [3.8, 4) is 11.4 Å². The maximum absolute atomic E-state index is 13.4. The Morgan fingerprint density at radius 1 is 1.21 bits per heavy atom. The number of carbonyl (C=O) groups is 2. The molecule has 0 spiro atoms. The summed E-state index contributed by atoms with van der Waals surface area (Å²) in [7, 11) is 1.87. The number of carboxylic acids is 1. The molecule has 3 rings (SSSR count). The molecular formula is C20H21FN4O3. The highest BCUT2D eigenvalue weighted by Gasteiger charge is 2.12. The van der Waals surface area contributed by atoms with Crippen LogP contribution in [-0.4, -0.2) is 33.2 Å². The molecule has 3 aromatic rings. The van der Waals surface area contributed by atoms with Crippen LogP contribution < -0.4 is 10.6 Å². The van der Waals surface area contributed by atoms with Crippen molar-refractivity contribution in [3.63, 3.8) is 0 Å². The van der Waals surface area contributed by atoms with Crippen LogP contribution in [0.1, 0.15) is 18.4 Å². The minimum Gasteiger partial charge on any atom is -0.481 e. The lowest BCUT2D eigenvalue weighted by molar-refractivity contribution is -0.137. The third-order valence-electron chi connectivity index (χ3n) is 4.43. The summed E-state index contributed by atoms with van der Waals surface area (Å²) in [5.74, 6) is -0.519. The molecule has 0 unspecified atom stereocenters. The maximum Gasteiger partial charge on any atom is 0.319 e. The summed E-state index contributed by atoms with van der Waals surface area (Å²) in [6.07, 6.45) is 0.379. The van der Waals surface area contributed by atoms with E-state index >= 15 is 0 Å². The Hall–Kier alpha value is -3.42. The lowest BCUT2D eigenvalue weighted by atomic mass is 10.1. The fourth-order valence-electron chi connectivity index (χ4n) is 2.98. The van der Waals surface area contributed by atoms with E-state index in [1.54, 1.807) is 12.1 Å². The number of anilines is 1. The molecule has 0 saturated carbocycles. The second-order valence-electron chi connectivity index (χ2n) is 6.54. The average Bonchev–Trinajstić information content (AvgIpc) is 2.96. The highest BCUT2D eigenvalue weighted by Crippen LogP contribution is 2.27. The van der Waals surface area contributed by atoms with Gasteiger partial charge in [0.1, 0.15) is 11.6 Å². The third-order valence-corrected chi connectivity index (χ3v) is 4.43. The first kappa shape index (κ1) is 19.3. The Morgan fingerprint density at radius 2 is 2.00 bits per heavy atom. The molecule has 0 aliphatic carbocycles. The Bertz CT molecular complexity index is 1050. The molecule has 0 bridgehead atoms. The van der Waals surface area contributed by atoms with Gasteiger partial charge in [0.25, 0.3) is 0 Å². The lowest BCUT2D eigenvalue weighted by Crippen LogP contribution is -2.30. The zero-order chi connectivity index (χ0) is 20.3. The molecule has 0 aliphatic rings. The van der Waals surface area contributed by atoms with Crippen LogP contribution in [0.5, 0.6) is 0 Å². The van der Waals surface area contributed by atoms with E-state index in [0.717, 1.165) is 16.6 Å². The number of urea groups is 1. The molecule has 2 amide bonds. The number of hydrogen-bond donors (Lipinski definition) is 3. The van der Waals surface area contributed by atoms with Crippen molar-refractivity contribution in [2.75, 3.05) is 11.9 Å². The van der Waals surface area contributed by atoms with Gasteiger partial charge in [-0.1, -0.05) is 0 Å². The Labute approximate surface area is 161 Å². The van der Waals surface area contributed by atoms with Gasteiger partial charge >= 0.3 is 12.0 Å². The summed E-state index contributed by atoms with van der Waals surface area (Å²) in [6.45, 7) is 2.15. The minimum absolute atomic E-state index is 0.00984. The summed E-state index contributed by atoms with van der Waals surface area (Å²) >= 11 is 0. The molecule has 28 heavy (non-hydrogen) atoms. The summed E-state index contributed by atoms with van der Waals surface area (Å²) in [5.41, 5.74) is 3.75. The van der Waals surface area contributed by atoms with Gasteiger partial charge in [-0.15, -0.1) is 0 Å². The Kier molecular flexibility index (Phi) is 5.58. The van der Waals surface area contributed by atoms with Gasteiger partial charge in [0, 0.05) is 37.3 Å².